The number of aliphatic hydroxyl groups is 1. The molecule has 0 aromatic carbocycles. The molecule has 0 fully saturated rings. The number of rotatable bonds is 6. The van der Waals surface area contributed by atoms with Crippen LogP contribution in [0.4, 0.5) is 0 Å². The van der Waals surface area contributed by atoms with Crippen LogP contribution in [0.25, 0.3) is 0 Å². The number of carbonyl (C=O) groups is 1. The number of hydrogen-bond acceptors (Lipinski definition) is 2. The SMILES string of the molecule is CCC(CC)C(O)CNC=O. The topological polar surface area (TPSA) is 49.3 Å². The first-order valence-electron chi connectivity index (χ1n) is 4.11. The summed E-state index contributed by atoms with van der Waals surface area (Å²) in [6.07, 6.45) is 2.14. The third kappa shape index (κ3) is 3.98. The Labute approximate surface area is 67.8 Å². The second-order valence-electron chi connectivity index (χ2n) is 2.67. The number of amides is 1. The van der Waals surface area contributed by atoms with Crippen molar-refractivity contribution in [2.75, 3.05) is 6.54 Å². The lowest BCUT2D eigenvalue weighted by atomic mass is 9.97. The Balaban J connectivity index is 3.59. The maximum atomic E-state index is 9.89. The van der Waals surface area contributed by atoms with Gasteiger partial charge in [-0.25, -0.2) is 0 Å². The van der Waals surface area contributed by atoms with Crippen LogP contribution in [-0.2, 0) is 4.79 Å². The van der Waals surface area contributed by atoms with Crippen molar-refractivity contribution in [3.05, 3.63) is 0 Å². The van der Waals surface area contributed by atoms with Crippen molar-refractivity contribution in [3.63, 3.8) is 0 Å². The molecular weight excluding hydrogens is 142 g/mol. The molecule has 0 saturated carbocycles. The van der Waals surface area contributed by atoms with Gasteiger partial charge in [0, 0.05) is 6.54 Å². The first-order chi connectivity index (χ1) is 5.26. The average Bonchev–Trinajstić information content (AvgIpc) is 2.03. The Hall–Kier alpha value is -0.570. The maximum absolute atomic E-state index is 9.89. The molecule has 3 nitrogen and oxygen atoms in total. The molecule has 0 spiro atoms. The van der Waals surface area contributed by atoms with Crippen LogP contribution >= 0.6 is 0 Å². The molecule has 2 N–H and O–H groups in total. The van der Waals surface area contributed by atoms with Crippen LogP contribution in [0.15, 0.2) is 0 Å². The monoisotopic (exact) mass is 159 g/mol. The summed E-state index contributed by atoms with van der Waals surface area (Å²) in [7, 11) is 0. The van der Waals surface area contributed by atoms with E-state index in [2.05, 4.69) is 5.32 Å². The van der Waals surface area contributed by atoms with Gasteiger partial charge >= 0.3 is 0 Å². The van der Waals surface area contributed by atoms with E-state index in [0.717, 1.165) is 12.8 Å². The summed E-state index contributed by atoms with van der Waals surface area (Å²) in [5.74, 6) is 0.308. The van der Waals surface area contributed by atoms with Gasteiger partial charge in [-0.1, -0.05) is 26.7 Å². The third-order valence-corrected chi connectivity index (χ3v) is 2.00. The highest BCUT2D eigenvalue weighted by Gasteiger charge is 2.13. The fourth-order valence-electron chi connectivity index (χ4n) is 1.17. The van der Waals surface area contributed by atoms with Crippen molar-refractivity contribution in [2.24, 2.45) is 5.92 Å². The second-order valence-corrected chi connectivity index (χ2v) is 2.67. The molecule has 0 bridgehead atoms. The molecule has 3 heteroatoms. The zero-order valence-electron chi connectivity index (χ0n) is 7.21. The summed E-state index contributed by atoms with van der Waals surface area (Å²) >= 11 is 0. The van der Waals surface area contributed by atoms with Crippen molar-refractivity contribution >= 4 is 6.41 Å². The van der Waals surface area contributed by atoms with Crippen LogP contribution in [0.5, 0.6) is 0 Å². The lowest BCUT2D eigenvalue weighted by Crippen LogP contribution is -2.31. The second kappa shape index (κ2) is 6.16. The highest BCUT2D eigenvalue weighted by Crippen LogP contribution is 2.11. The average molecular weight is 159 g/mol. The van der Waals surface area contributed by atoms with Crippen LogP contribution in [0, 0.1) is 5.92 Å². The van der Waals surface area contributed by atoms with Gasteiger partial charge < -0.3 is 10.4 Å². The molecule has 0 aromatic rings. The lowest BCUT2D eigenvalue weighted by molar-refractivity contribution is -0.110. The molecule has 0 aromatic heterocycles. The molecule has 0 radical (unpaired) electrons. The van der Waals surface area contributed by atoms with Crippen molar-refractivity contribution in [3.8, 4) is 0 Å². The van der Waals surface area contributed by atoms with Gasteiger partial charge in [-0.05, 0) is 5.92 Å². The zero-order chi connectivity index (χ0) is 8.69. The summed E-state index contributed by atoms with van der Waals surface area (Å²) < 4.78 is 0. The molecule has 0 aliphatic rings. The van der Waals surface area contributed by atoms with Crippen LogP contribution in [0.3, 0.4) is 0 Å². The first kappa shape index (κ1) is 10.4. The van der Waals surface area contributed by atoms with Crippen molar-refractivity contribution in [2.45, 2.75) is 32.8 Å². The highest BCUT2D eigenvalue weighted by molar-refractivity contribution is 5.45. The summed E-state index contributed by atoms with van der Waals surface area (Å²) in [5.41, 5.74) is 0. The zero-order valence-corrected chi connectivity index (χ0v) is 7.21. The first-order valence-corrected chi connectivity index (χ1v) is 4.11. The molecular formula is C8H17NO2. The predicted molar refractivity (Wildman–Crippen MR) is 44.1 cm³/mol. The van der Waals surface area contributed by atoms with E-state index in [9.17, 15) is 9.90 Å². The van der Waals surface area contributed by atoms with Gasteiger partial charge in [-0.3, -0.25) is 4.79 Å². The molecule has 1 unspecified atom stereocenters. The normalized spacial score (nSPS) is 13.1. The molecule has 0 aliphatic carbocycles. The van der Waals surface area contributed by atoms with E-state index in [0.29, 0.717) is 18.9 Å². The van der Waals surface area contributed by atoms with E-state index in [1.165, 1.54) is 0 Å². The van der Waals surface area contributed by atoms with Gasteiger partial charge in [0.05, 0.1) is 6.10 Å². The van der Waals surface area contributed by atoms with E-state index in [1.54, 1.807) is 0 Å². The van der Waals surface area contributed by atoms with E-state index in [1.807, 2.05) is 13.8 Å². The van der Waals surface area contributed by atoms with Crippen molar-refractivity contribution < 1.29 is 9.90 Å². The minimum atomic E-state index is -0.393. The Morgan fingerprint density at radius 3 is 2.36 bits per heavy atom. The third-order valence-electron chi connectivity index (χ3n) is 2.00. The predicted octanol–water partition coefficient (Wildman–Crippen LogP) is 0.529. The van der Waals surface area contributed by atoms with Gasteiger partial charge in [0.15, 0.2) is 0 Å². The Bertz CT molecular complexity index is 102. The number of hydrogen-bond donors (Lipinski definition) is 2. The number of carbonyl (C=O) groups excluding carboxylic acids is 1. The summed E-state index contributed by atoms with van der Waals surface area (Å²) in [4.78, 5) is 9.89. The Morgan fingerprint density at radius 1 is 1.45 bits per heavy atom. The van der Waals surface area contributed by atoms with Gasteiger partial charge in [-0.2, -0.15) is 0 Å². The quantitative estimate of drug-likeness (QED) is 0.555. The summed E-state index contributed by atoms with van der Waals surface area (Å²) in [6.45, 7) is 4.45. The van der Waals surface area contributed by atoms with E-state index in [4.69, 9.17) is 0 Å². The van der Waals surface area contributed by atoms with Crippen LogP contribution in [-0.4, -0.2) is 24.2 Å². The molecule has 66 valence electrons. The fourth-order valence-corrected chi connectivity index (χ4v) is 1.17. The summed E-state index contributed by atoms with van der Waals surface area (Å²) in [5, 5.41) is 11.9. The molecule has 0 saturated heterocycles. The molecule has 1 amide bonds. The van der Waals surface area contributed by atoms with Gasteiger partial charge in [-0.15, -0.1) is 0 Å². The molecule has 1 atom stereocenters. The lowest BCUT2D eigenvalue weighted by Gasteiger charge is -2.18. The van der Waals surface area contributed by atoms with Gasteiger partial charge in [0.25, 0.3) is 0 Å². The largest absolute Gasteiger partial charge is 0.391 e. The Morgan fingerprint density at radius 2 is 2.00 bits per heavy atom. The van der Waals surface area contributed by atoms with E-state index >= 15 is 0 Å². The minimum absolute atomic E-state index is 0.308. The van der Waals surface area contributed by atoms with Gasteiger partial charge in [0.1, 0.15) is 0 Å². The number of aliphatic hydroxyl groups excluding tert-OH is 1. The van der Waals surface area contributed by atoms with Crippen LogP contribution < -0.4 is 5.32 Å². The van der Waals surface area contributed by atoms with E-state index in [-0.39, 0.29) is 0 Å². The standard InChI is InChI=1S/C8H17NO2/c1-3-7(4-2)8(11)5-9-6-10/h6-8,11H,3-5H2,1-2H3,(H,9,10). The fraction of sp³-hybridized carbons (Fsp3) is 0.875. The van der Waals surface area contributed by atoms with Crippen molar-refractivity contribution in [1.29, 1.82) is 0 Å². The molecule has 0 aliphatic heterocycles. The molecule has 0 heterocycles. The molecule has 0 rings (SSSR count). The summed E-state index contributed by atoms with van der Waals surface area (Å²) in [6, 6.07) is 0. The van der Waals surface area contributed by atoms with E-state index < -0.39 is 6.10 Å². The molecule has 11 heavy (non-hydrogen) atoms. The number of nitrogens with one attached hydrogen (secondary N) is 1. The minimum Gasteiger partial charge on any atom is -0.391 e. The van der Waals surface area contributed by atoms with Crippen molar-refractivity contribution in [1.82, 2.24) is 5.32 Å². The Kier molecular flexibility index (Phi) is 5.84. The smallest absolute Gasteiger partial charge is 0.207 e. The maximum Gasteiger partial charge on any atom is 0.207 e. The van der Waals surface area contributed by atoms with Gasteiger partial charge in [0.2, 0.25) is 6.41 Å². The highest BCUT2D eigenvalue weighted by atomic mass is 16.3. The van der Waals surface area contributed by atoms with Crippen LogP contribution in [0.2, 0.25) is 0 Å². The van der Waals surface area contributed by atoms with Crippen LogP contribution in [0.1, 0.15) is 26.7 Å².